The molecule has 10 heteroatoms. The largest absolute Gasteiger partial charge is 0.472 e. The zero-order valence-corrected chi connectivity index (χ0v) is 44.7. The molecule has 0 aliphatic carbocycles. The lowest BCUT2D eigenvalue weighted by Crippen LogP contribution is -2.37. The van der Waals surface area contributed by atoms with Gasteiger partial charge in [0.15, 0.2) is 6.10 Å². The van der Waals surface area contributed by atoms with Crippen LogP contribution >= 0.6 is 7.82 Å². The fourth-order valence-corrected chi connectivity index (χ4v) is 7.41. The van der Waals surface area contributed by atoms with Crippen molar-refractivity contribution in [1.29, 1.82) is 0 Å². The zero-order valence-electron chi connectivity index (χ0n) is 43.8. The monoisotopic (exact) mass is 969 g/mol. The average molecular weight is 969 g/mol. The van der Waals surface area contributed by atoms with Gasteiger partial charge >= 0.3 is 19.8 Å². The molecule has 0 aromatic rings. The third-order valence-electron chi connectivity index (χ3n) is 10.8. The zero-order chi connectivity index (χ0) is 49.9. The van der Waals surface area contributed by atoms with Crippen molar-refractivity contribution in [3.63, 3.8) is 0 Å². The van der Waals surface area contributed by atoms with Crippen LogP contribution in [0.4, 0.5) is 0 Å². The molecular formula is C58H99NO8P+. The van der Waals surface area contributed by atoms with E-state index in [1.807, 2.05) is 21.1 Å². The van der Waals surface area contributed by atoms with Crippen LogP contribution in [0.3, 0.4) is 0 Å². The molecule has 0 saturated carbocycles. The van der Waals surface area contributed by atoms with E-state index in [1.165, 1.54) is 57.8 Å². The molecule has 0 aliphatic rings. The highest BCUT2D eigenvalue weighted by Gasteiger charge is 2.27. The number of nitrogens with zero attached hydrogens (tertiary/aromatic N) is 1. The van der Waals surface area contributed by atoms with Crippen LogP contribution in [0.15, 0.2) is 109 Å². The summed E-state index contributed by atoms with van der Waals surface area (Å²) in [6.45, 7) is 4.23. The van der Waals surface area contributed by atoms with E-state index in [-0.39, 0.29) is 32.0 Å². The van der Waals surface area contributed by atoms with Gasteiger partial charge in [0.25, 0.3) is 0 Å². The van der Waals surface area contributed by atoms with E-state index in [1.54, 1.807) is 0 Å². The first kappa shape index (κ1) is 64.7. The number of phosphoric ester groups is 1. The molecule has 0 aliphatic heterocycles. The fraction of sp³-hybridized carbons (Fsp3) is 0.655. The van der Waals surface area contributed by atoms with Gasteiger partial charge in [-0.25, -0.2) is 4.57 Å². The number of quaternary nitrogens is 1. The smallest absolute Gasteiger partial charge is 0.462 e. The second-order valence-electron chi connectivity index (χ2n) is 18.5. The van der Waals surface area contributed by atoms with Gasteiger partial charge in [0.2, 0.25) is 0 Å². The number of likely N-dealkylation sites (N-methyl/N-ethyl adjacent to an activating group) is 1. The van der Waals surface area contributed by atoms with Crippen molar-refractivity contribution in [3.05, 3.63) is 109 Å². The van der Waals surface area contributed by atoms with E-state index in [9.17, 15) is 19.0 Å². The highest BCUT2D eigenvalue weighted by Crippen LogP contribution is 2.43. The summed E-state index contributed by atoms with van der Waals surface area (Å²) in [4.78, 5) is 35.6. The molecular weight excluding hydrogens is 870 g/mol. The third kappa shape index (κ3) is 52.0. The van der Waals surface area contributed by atoms with Crippen LogP contribution < -0.4 is 0 Å². The lowest BCUT2D eigenvalue weighted by molar-refractivity contribution is -0.870. The first-order valence-electron chi connectivity index (χ1n) is 26.6. The summed E-state index contributed by atoms with van der Waals surface area (Å²) in [5.41, 5.74) is 0. The van der Waals surface area contributed by atoms with Crippen molar-refractivity contribution in [3.8, 4) is 0 Å². The van der Waals surface area contributed by atoms with Crippen molar-refractivity contribution < 1.29 is 42.1 Å². The molecule has 2 unspecified atom stereocenters. The van der Waals surface area contributed by atoms with Crippen LogP contribution in [0.2, 0.25) is 0 Å². The molecule has 0 fully saturated rings. The number of carbonyl (C=O) groups is 2. The van der Waals surface area contributed by atoms with Gasteiger partial charge in [0.1, 0.15) is 19.8 Å². The minimum atomic E-state index is -4.40. The predicted molar refractivity (Wildman–Crippen MR) is 288 cm³/mol. The molecule has 0 saturated heterocycles. The molecule has 2 atom stereocenters. The van der Waals surface area contributed by atoms with Gasteiger partial charge in [-0.05, 0) is 103 Å². The Morgan fingerprint density at radius 3 is 1.26 bits per heavy atom. The molecule has 0 bridgehead atoms. The molecule has 9 nitrogen and oxygen atoms in total. The Labute approximate surface area is 416 Å². The van der Waals surface area contributed by atoms with E-state index >= 15 is 0 Å². The molecule has 388 valence electrons. The Morgan fingerprint density at radius 2 is 0.838 bits per heavy atom. The maximum absolute atomic E-state index is 12.8. The normalized spacial score (nSPS) is 14.3. The molecule has 0 radical (unpaired) electrons. The number of carbonyl (C=O) groups excluding carboxylic acids is 2. The Kier molecular flexibility index (Phi) is 46.3. The Bertz CT molecular complexity index is 1520. The number of hydrogen-bond donors (Lipinski definition) is 1. The number of allylic oxidation sites excluding steroid dienone is 18. The summed E-state index contributed by atoms with van der Waals surface area (Å²) in [5.74, 6) is -0.849. The second-order valence-corrected chi connectivity index (χ2v) is 20.0. The highest BCUT2D eigenvalue weighted by atomic mass is 31.2. The van der Waals surface area contributed by atoms with Gasteiger partial charge in [-0.3, -0.25) is 18.6 Å². The van der Waals surface area contributed by atoms with E-state index in [2.05, 4.69) is 123 Å². The SMILES string of the molecule is CC/C=C\C/C=C\C/C=C\C/C=C\C/C=C\C/C=C\C/C=C\CCCCCC(=O)OC(COC(=O)CCCCCCCCCCC/C=C\C/C=C\CCCCC)COP(=O)(O)OCC[N+](C)(C)C. The van der Waals surface area contributed by atoms with Crippen molar-refractivity contribution in [2.24, 2.45) is 0 Å². The van der Waals surface area contributed by atoms with Crippen molar-refractivity contribution in [1.82, 2.24) is 0 Å². The quantitative estimate of drug-likeness (QED) is 0.0211. The summed E-state index contributed by atoms with van der Waals surface area (Å²) >= 11 is 0. The van der Waals surface area contributed by atoms with Crippen LogP contribution in [-0.2, 0) is 32.7 Å². The lowest BCUT2D eigenvalue weighted by atomic mass is 10.1. The number of esters is 2. The Hall–Kier alpha value is -3.33. The predicted octanol–water partition coefficient (Wildman–Crippen LogP) is 16.2. The van der Waals surface area contributed by atoms with Crippen LogP contribution in [0.5, 0.6) is 0 Å². The number of unbranched alkanes of at least 4 members (excludes halogenated alkanes) is 15. The van der Waals surface area contributed by atoms with Gasteiger partial charge in [0.05, 0.1) is 27.7 Å². The maximum Gasteiger partial charge on any atom is 0.472 e. The van der Waals surface area contributed by atoms with Gasteiger partial charge in [-0.1, -0.05) is 187 Å². The number of hydrogen-bond acceptors (Lipinski definition) is 7. The van der Waals surface area contributed by atoms with E-state index < -0.39 is 26.5 Å². The molecule has 0 heterocycles. The van der Waals surface area contributed by atoms with Crippen LogP contribution in [-0.4, -0.2) is 74.9 Å². The summed E-state index contributed by atoms with van der Waals surface area (Å²) in [6, 6.07) is 0. The van der Waals surface area contributed by atoms with E-state index in [0.29, 0.717) is 17.4 Å². The fourth-order valence-electron chi connectivity index (χ4n) is 6.67. The Morgan fingerprint density at radius 1 is 0.471 bits per heavy atom. The second kappa shape index (κ2) is 48.7. The molecule has 0 amide bonds. The van der Waals surface area contributed by atoms with Gasteiger partial charge in [-0.2, -0.15) is 0 Å². The minimum Gasteiger partial charge on any atom is -0.462 e. The highest BCUT2D eigenvalue weighted by molar-refractivity contribution is 7.47. The topological polar surface area (TPSA) is 108 Å². The lowest BCUT2D eigenvalue weighted by Gasteiger charge is -2.24. The number of phosphoric acid groups is 1. The van der Waals surface area contributed by atoms with Crippen molar-refractivity contribution >= 4 is 19.8 Å². The van der Waals surface area contributed by atoms with Crippen LogP contribution in [0, 0.1) is 0 Å². The molecule has 1 N–H and O–H groups in total. The molecule has 68 heavy (non-hydrogen) atoms. The van der Waals surface area contributed by atoms with E-state index in [0.717, 1.165) is 103 Å². The summed E-state index contributed by atoms with van der Waals surface area (Å²) in [7, 11) is 1.43. The Balaban J connectivity index is 4.35. The van der Waals surface area contributed by atoms with E-state index in [4.69, 9.17) is 18.5 Å². The number of rotatable bonds is 47. The summed E-state index contributed by atoms with van der Waals surface area (Å²) in [5, 5.41) is 0. The molecule has 0 aromatic heterocycles. The minimum absolute atomic E-state index is 0.0178. The van der Waals surface area contributed by atoms with Crippen molar-refractivity contribution in [2.45, 2.75) is 200 Å². The summed E-state index contributed by atoms with van der Waals surface area (Å²) in [6.07, 6.45) is 67.1. The molecule has 0 rings (SSSR count). The average Bonchev–Trinajstić information content (AvgIpc) is 3.30. The summed E-state index contributed by atoms with van der Waals surface area (Å²) < 4.78 is 34.4. The molecule has 0 aromatic carbocycles. The van der Waals surface area contributed by atoms with Crippen LogP contribution in [0.25, 0.3) is 0 Å². The van der Waals surface area contributed by atoms with Crippen molar-refractivity contribution in [2.75, 3.05) is 47.5 Å². The standard InChI is InChI=1S/C58H98NO8P/c1-6-8-10-12-14-16-18-20-22-24-26-27-28-29-30-31-33-35-37-39-41-43-45-47-49-51-58(61)67-56(55-66-68(62,63)65-53-52-59(3,4)5)54-64-57(60)50-48-46-44-42-40-38-36-34-32-25-23-21-19-17-15-13-11-9-7-2/h8,10,14-17,20-23,26-27,29-30,33,35,39,41,56H,6-7,9,11-13,18-19,24-25,28,31-32,34,36-38,40,42-55H2,1-5H3/p+1/b10-8-,16-14-,17-15-,22-20-,23-21-,27-26-,30-29-,35-33-,41-39-. The third-order valence-corrected chi connectivity index (χ3v) is 11.8. The first-order valence-corrected chi connectivity index (χ1v) is 28.1. The number of ether oxygens (including phenoxy) is 2. The molecule has 0 spiro atoms. The van der Waals surface area contributed by atoms with Gasteiger partial charge < -0.3 is 18.9 Å². The first-order chi connectivity index (χ1) is 33.0. The van der Waals surface area contributed by atoms with Gasteiger partial charge in [-0.15, -0.1) is 0 Å². The maximum atomic E-state index is 12.8. The van der Waals surface area contributed by atoms with Crippen LogP contribution in [0.1, 0.15) is 194 Å². The van der Waals surface area contributed by atoms with Gasteiger partial charge in [0, 0.05) is 12.8 Å².